The molecule has 3 nitrogen and oxygen atoms in total. The number of amides is 1. The van der Waals surface area contributed by atoms with Crippen LogP contribution >= 0.6 is 12.4 Å². The molecule has 0 aliphatic carbocycles. The van der Waals surface area contributed by atoms with E-state index in [0.717, 1.165) is 42.7 Å². The summed E-state index contributed by atoms with van der Waals surface area (Å²) in [4.78, 5) is 14.8. The van der Waals surface area contributed by atoms with E-state index >= 15 is 0 Å². The average molecular weight is 309 g/mol. The van der Waals surface area contributed by atoms with Crippen molar-refractivity contribution in [1.29, 1.82) is 0 Å². The Balaban J connectivity index is 0.00000220. The summed E-state index contributed by atoms with van der Waals surface area (Å²) in [5.41, 5.74) is 3.20. The molecule has 0 unspecified atom stereocenters. The maximum absolute atomic E-state index is 12.6. The molecule has 1 heterocycles. The summed E-state index contributed by atoms with van der Waals surface area (Å²) in [6, 6.07) is 6.05. The molecule has 4 heteroatoms. The molecule has 2 rings (SSSR count). The number of hydrogen-bond donors (Lipinski definition) is 1. The van der Waals surface area contributed by atoms with Gasteiger partial charge in [0.15, 0.2) is 0 Å². The number of rotatable bonds is 4. The van der Waals surface area contributed by atoms with E-state index in [1.54, 1.807) is 0 Å². The van der Waals surface area contributed by atoms with Gasteiger partial charge in [0.05, 0.1) is 6.04 Å². The molecule has 1 aliphatic rings. The van der Waals surface area contributed by atoms with Gasteiger partial charge in [0, 0.05) is 12.2 Å². The van der Waals surface area contributed by atoms with Crippen LogP contribution in [0.1, 0.15) is 30.9 Å². The Morgan fingerprint density at radius 1 is 1.29 bits per heavy atom. The number of anilines is 1. The molecule has 0 bridgehead atoms. The molecule has 0 spiro atoms. The number of benzene rings is 1. The molecule has 21 heavy (non-hydrogen) atoms. The number of halogens is 1. The number of para-hydroxylation sites is 1. The smallest absolute Gasteiger partial charge is 0.242 e. The van der Waals surface area contributed by atoms with Crippen molar-refractivity contribution in [3.05, 3.63) is 41.5 Å². The first-order chi connectivity index (χ1) is 9.63. The maximum atomic E-state index is 12.6. The molecule has 1 amide bonds. The van der Waals surface area contributed by atoms with Crippen molar-refractivity contribution in [2.24, 2.45) is 0 Å². The Morgan fingerprint density at radius 3 is 2.57 bits per heavy atom. The molecule has 1 atom stereocenters. The number of nitrogens with zero attached hydrogens (tertiary/aromatic N) is 1. The Kier molecular flexibility index (Phi) is 6.93. The van der Waals surface area contributed by atoms with Gasteiger partial charge in [-0.2, -0.15) is 0 Å². The first kappa shape index (κ1) is 17.7. The van der Waals surface area contributed by atoms with Crippen molar-refractivity contribution < 1.29 is 4.79 Å². The second kappa shape index (κ2) is 8.20. The fraction of sp³-hybridized carbons (Fsp3) is 0.471. The molecule has 0 saturated carbocycles. The van der Waals surface area contributed by atoms with Crippen LogP contribution in [0.3, 0.4) is 0 Å². The van der Waals surface area contributed by atoms with E-state index in [4.69, 9.17) is 0 Å². The highest BCUT2D eigenvalue weighted by Crippen LogP contribution is 2.21. The lowest BCUT2D eigenvalue weighted by molar-refractivity contribution is -0.121. The summed E-state index contributed by atoms with van der Waals surface area (Å²) < 4.78 is 0. The fourth-order valence-electron chi connectivity index (χ4n) is 2.74. The van der Waals surface area contributed by atoms with Gasteiger partial charge in [-0.25, -0.2) is 0 Å². The summed E-state index contributed by atoms with van der Waals surface area (Å²) >= 11 is 0. The van der Waals surface area contributed by atoms with Gasteiger partial charge in [-0.15, -0.1) is 12.4 Å². The number of carbonyl (C=O) groups is 1. The van der Waals surface area contributed by atoms with Gasteiger partial charge >= 0.3 is 0 Å². The predicted molar refractivity (Wildman–Crippen MR) is 91.2 cm³/mol. The third-order valence-electron chi connectivity index (χ3n) is 3.85. The normalized spacial score (nSPS) is 18.1. The molecule has 0 saturated heterocycles. The Hall–Kier alpha value is -1.32. The van der Waals surface area contributed by atoms with Crippen LogP contribution in [-0.2, 0) is 4.79 Å². The standard InChI is InChI=1S/C17H24N2O.ClH/c1-4-11-19-12-6-5-10-15(19)17(20)18-16-13(2)8-7-9-14(16)3;/h5-9,15H,4,10-12H2,1-3H3,(H,18,20);1H/t15-;/m0./s1. The SMILES string of the molecule is CCCN1CC=CC[C@H]1C(=O)Nc1c(C)cccc1C.Cl. The molecule has 0 aromatic heterocycles. The molecule has 1 aromatic rings. The number of aryl methyl sites for hydroxylation is 2. The summed E-state index contributed by atoms with van der Waals surface area (Å²) in [7, 11) is 0. The van der Waals surface area contributed by atoms with E-state index in [1.807, 2.05) is 32.0 Å². The Bertz CT molecular complexity index is 493. The zero-order valence-electron chi connectivity index (χ0n) is 13.1. The van der Waals surface area contributed by atoms with Crippen LogP contribution in [0.25, 0.3) is 0 Å². The van der Waals surface area contributed by atoms with E-state index in [2.05, 4.69) is 29.3 Å². The van der Waals surface area contributed by atoms with Crippen molar-refractivity contribution in [3.63, 3.8) is 0 Å². The quantitative estimate of drug-likeness (QED) is 0.860. The zero-order valence-corrected chi connectivity index (χ0v) is 13.9. The first-order valence-corrected chi connectivity index (χ1v) is 7.39. The largest absolute Gasteiger partial charge is 0.324 e. The van der Waals surface area contributed by atoms with Crippen LogP contribution in [0.4, 0.5) is 5.69 Å². The second-order valence-electron chi connectivity index (χ2n) is 5.47. The highest BCUT2D eigenvalue weighted by atomic mass is 35.5. The van der Waals surface area contributed by atoms with E-state index in [1.165, 1.54) is 0 Å². The molecule has 1 aliphatic heterocycles. The monoisotopic (exact) mass is 308 g/mol. The Labute approximate surface area is 133 Å². The summed E-state index contributed by atoms with van der Waals surface area (Å²) in [5, 5.41) is 3.12. The minimum Gasteiger partial charge on any atom is -0.324 e. The second-order valence-corrected chi connectivity index (χ2v) is 5.47. The Morgan fingerprint density at radius 2 is 1.95 bits per heavy atom. The van der Waals surface area contributed by atoms with Gasteiger partial charge in [-0.1, -0.05) is 37.3 Å². The highest BCUT2D eigenvalue weighted by Gasteiger charge is 2.26. The summed E-state index contributed by atoms with van der Waals surface area (Å²) in [6.07, 6.45) is 6.14. The predicted octanol–water partition coefficient (Wildman–Crippen LogP) is 3.70. The highest BCUT2D eigenvalue weighted by molar-refractivity contribution is 5.96. The van der Waals surface area contributed by atoms with Crippen LogP contribution in [0.2, 0.25) is 0 Å². The van der Waals surface area contributed by atoms with Crippen molar-refractivity contribution in [3.8, 4) is 0 Å². The summed E-state index contributed by atoms with van der Waals surface area (Å²) in [6.45, 7) is 8.06. The van der Waals surface area contributed by atoms with Gasteiger partial charge in [0.25, 0.3) is 0 Å². The molecule has 116 valence electrons. The molecule has 0 radical (unpaired) electrons. The van der Waals surface area contributed by atoms with Crippen molar-refractivity contribution in [1.82, 2.24) is 4.90 Å². The number of hydrogen-bond acceptors (Lipinski definition) is 2. The average Bonchev–Trinajstić information content (AvgIpc) is 2.44. The van der Waals surface area contributed by atoms with E-state index < -0.39 is 0 Å². The molecule has 1 aromatic carbocycles. The molecular formula is C17H25ClN2O. The first-order valence-electron chi connectivity index (χ1n) is 7.39. The van der Waals surface area contributed by atoms with E-state index in [-0.39, 0.29) is 24.4 Å². The van der Waals surface area contributed by atoms with Gasteiger partial charge in [0.1, 0.15) is 0 Å². The van der Waals surface area contributed by atoms with Crippen molar-refractivity contribution >= 4 is 24.0 Å². The molecule has 1 N–H and O–H groups in total. The number of nitrogens with one attached hydrogen (secondary N) is 1. The van der Waals surface area contributed by atoms with E-state index in [0.29, 0.717) is 0 Å². The lowest BCUT2D eigenvalue weighted by atomic mass is 10.0. The van der Waals surface area contributed by atoms with Crippen LogP contribution in [0.15, 0.2) is 30.4 Å². The molecular weight excluding hydrogens is 284 g/mol. The van der Waals surface area contributed by atoms with E-state index in [9.17, 15) is 4.79 Å². The zero-order chi connectivity index (χ0) is 14.5. The van der Waals surface area contributed by atoms with Gasteiger partial charge in [-0.05, 0) is 44.4 Å². The molecule has 0 fully saturated rings. The third-order valence-corrected chi connectivity index (χ3v) is 3.85. The lowest BCUT2D eigenvalue weighted by Gasteiger charge is -2.31. The minimum atomic E-state index is -0.0426. The van der Waals surface area contributed by atoms with Crippen molar-refractivity contribution in [2.45, 2.75) is 39.7 Å². The van der Waals surface area contributed by atoms with Crippen LogP contribution in [0.5, 0.6) is 0 Å². The third kappa shape index (κ3) is 4.32. The van der Waals surface area contributed by atoms with Crippen LogP contribution in [0, 0.1) is 13.8 Å². The summed E-state index contributed by atoms with van der Waals surface area (Å²) in [5.74, 6) is 0.111. The van der Waals surface area contributed by atoms with Crippen LogP contribution < -0.4 is 5.32 Å². The van der Waals surface area contributed by atoms with Gasteiger partial charge in [-0.3, -0.25) is 9.69 Å². The van der Waals surface area contributed by atoms with Gasteiger partial charge < -0.3 is 5.32 Å². The maximum Gasteiger partial charge on any atom is 0.242 e. The topological polar surface area (TPSA) is 32.3 Å². The van der Waals surface area contributed by atoms with Gasteiger partial charge in [0.2, 0.25) is 5.91 Å². The minimum absolute atomic E-state index is 0. The van der Waals surface area contributed by atoms with Crippen LogP contribution in [-0.4, -0.2) is 29.9 Å². The lowest BCUT2D eigenvalue weighted by Crippen LogP contribution is -2.46. The fourth-order valence-corrected chi connectivity index (χ4v) is 2.74. The number of carbonyl (C=O) groups excluding carboxylic acids is 1. The van der Waals surface area contributed by atoms with Crippen molar-refractivity contribution in [2.75, 3.05) is 18.4 Å².